The number of benzene rings is 5. The van der Waals surface area contributed by atoms with Gasteiger partial charge in [0.2, 0.25) is 0 Å². The Morgan fingerprint density at radius 2 is 0.844 bits per heavy atom. The highest BCUT2D eigenvalue weighted by atomic mass is 32.1. The maximum absolute atomic E-state index is 13.7. The number of carbonyl (C=O) groups excluding carboxylic acids is 2. The molecule has 4 atom stereocenters. The van der Waals surface area contributed by atoms with Crippen LogP contribution in [0.15, 0.2) is 152 Å². The van der Waals surface area contributed by atoms with Gasteiger partial charge in [-0.2, -0.15) is 46.9 Å². The predicted molar refractivity (Wildman–Crippen MR) is 452 cm³/mol. The number of ether oxygens (including phenoxy) is 4. The average Bonchev–Trinajstić information content (AvgIpc) is 1.50. The molecule has 5 aromatic carbocycles. The summed E-state index contributed by atoms with van der Waals surface area (Å²) < 4.78 is 39.8. The SMILES string of the molecule is CN1CCC[C@H]1COc1nc2c(c(N3CCN(C(=O)OC(C)(C)C)CC3CO[Si](c3ccccc3)(c3ccccc3)C(C)(C)C)n1)CCN(Cc1ccccc1)C2.CN1CCC[C@H]1COc1nc2c(c(N3CCN(C(=O)OC(C)(C)C)CC3CO[Si](c3ccccc3)(c3ccccc3)C(C)(C)C)n1)CCNC2.S.S. The van der Waals surface area contributed by atoms with E-state index in [1.165, 1.54) is 39.2 Å². The van der Waals surface area contributed by atoms with Crippen molar-refractivity contribution in [1.29, 1.82) is 0 Å². The Hall–Kier alpha value is -7.11. The van der Waals surface area contributed by atoms with Gasteiger partial charge in [-0.3, -0.25) is 4.90 Å². The summed E-state index contributed by atoms with van der Waals surface area (Å²) >= 11 is 0. The monoisotopic (exact) mass is 1560 g/mol. The Kier molecular flexibility index (Phi) is 28.3. The fraction of sp³-hybridized carbons (Fsp3) is 0.529. The van der Waals surface area contributed by atoms with Crippen molar-refractivity contribution in [2.24, 2.45) is 0 Å². The lowest BCUT2D eigenvalue weighted by atomic mass is 10.0. The number of fused-ring (bicyclic) bond motifs is 2. The highest BCUT2D eigenvalue weighted by molar-refractivity contribution is 7.59. The van der Waals surface area contributed by atoms with E-state index in [4.69, 9.17) is 47.7 Å². The van der Waals surface area contributed by atoms with Crippen molar-refractivity contribution in [3.05, 3.63) is 180 Å². The topological polar surface area (TPSA) is 176 Å². The Morgan fingerprint density at radius 1 is 0.459 bits per heavy atom. The lowest BCUT2D eigenvalue weighted by Gasteiger charge is -2.47. The number of nitrogens with one attached hydrogen (secondary N) is 1. The molecule has 2 unspecified atom stereocenters. The molecule has 4 fully saturated rings. The number of amides is 2. The van der Waals surface area contributed by atoms with Crippen LogP contribution in [-0.2, 0) is 50.8 Å². The normalized spacial score (nSPS) is 19.7. The summed E-state index contributed by atoms with van der Waals surface area (Å²) in [5.74, 6) is 1.79. The van der Waals surface area contributed by atoms with Crippen LogP contribution < -0.4 is 45.3 Å². The third-order valence-corrected chi connectivity index (χ3v) is 32.0. The van der Waals surface area contributed by atoms with Crippen molar-refractivity contribution in [3.63, 3.8) is 0 Å². The minimum Gasteiger partial charge on any atom is -0.462 e. The fourth-order valence-corrected chi connectivity index (χ4v) is 25.8. The maximum atomic E-state index is 13.7. The van der Waals surface area contributed by atoms with Gasteiger partial charge in [-0.25, -0.2) is 9.59 Å². The van der Waals surface area contributed by atoms with E-state index < -0.39 is 27.8 Å². The largest absolute Gasteiger partial charge is 0.462 e. The van der Waals surface area contributed by atoms with E-state index >= 15 is 0 Å². The lowest BCUT2D eigenvalue weighted by molar-refractivity contribution is 0.0188. The molecule has 2 aromatic heterocycles. The molecule has 13 rings (SSSR count). The van der Waals surface area contributed by atoms with Gasteiger partial charge in [0.25, 0.3) is 16.6 Å². The second kappa shape index (κ2) is 36.6. The number of piperazine rings is 2. The van der Waals surface area contributed by atoms with Crippen LogP contribution in [0.2, 0.25) is 10.1 Å². The average molecular weight is 1560 g/mol. The summed E-state index contributed by atoms with van der Waals surface area (Å²) in [4.78, 5) is 63.3. The molecule has 0 spiro atoms. The van der Waals surface area contributed by atoms with Crippen LogP contribution in [0, 0.1) is 0 Å². The van der Waals surface area contributed by atoms with Gasteiger partial charge in [0.1, 0.15) is 36.1 Å². The van der Waals surface area contributed by atoms with E-state index in [1.54, 1.807) is 0 Å². The first-order chi connectivity index (χ1) is 51.2. The number of hydrogen-bond donors (Lipinski definition) is 1. The van der Waals surface area contributed by atoms with Crippen molar-refractivity contribution in [1.82, 2.24) is 49.8 Å². The summed E-state index contributed by atoms with van der Waals surface area (Å²) in [7, 11) is -1.43. The summed E-state index contributed by atoms with van der Waals surface area (Å²) in [6.07, 6.45) is 5.61. The zero-order valence-electron chi connectivity index (χ0n) is 67.2. The summed E-state index contributed by atoms with van der Waals surface area (Å²) in [5.41, 5.74) is 4.39. The van der Waals surface area contributed by atoms with Crippen LogP contribution in [0.4, 0.5) is 21.2 Å². The third-order valence-electron chi connectivity index (χ3n) is 22.0. The molecule has 7 aromatic rings. The van der Waals surface area contributed by atoms with Gasteiger partial charge >= 0.3 is 24.2 Å². The molecular formula is C85H122N12O8S2Si2. The fourth-order valence-electron chi connectivity index (χ4n) is 16.6. The highest BCUT2D eigenvalue weighted by Crippen LogP contribution is 2.41. The van der Waals surface area contributed by atoms with E-state index in [9.17, 15) is 9.59 Å². The number of aromatic nitrogens is 4. The van der Waals surface area contributed by atoms with E-state index in [0.717, 1.165) is 92.6 Å². The van der Waals surface area contributed by atoms with Gasteiger partial charge in [-0.15, -0.1) is 0 Å². The van der Waals surface area contributed by atoms with Crippen LogP contribution in [0.1, 0.15) is 137 Å². The summed E-state index contributed by atoms with van der Waals surface area (Å²) in [5, 5.41) is 8.00. The zero-order chi connectivity index (χ0) is 75.7. The Balaban J connectivity index is 0.000000230. The van der Waals surface area contributed by atoms with Crippen LogP contribution in [0.3, 0.4) is 0 Å². The maximum Gasteiger partial charge on any atom is 0.410 e. The van der Waals surface area contributed by atoms with Crippen molar-refractivity contribution in [2.75, 3.05) is 116 Å². The van der Waals surface area contributed by atoms with E-state index in [2.05, 4.69) is 237 Å². The molecule has 2 amide bonds. The minimum atomic E-state index is -2.90. The lowest BCUT2D eigenvalue weighted by Crippen LogP contribution is -2.68. The third kappa shape index (κ3) is 20.2. The molecule has 0 radical (unpaired) electrons. The first-order valence-electron chi connectivity index (χ1n) is 39.1. The molecule has 24 heteroatoms. The molecule has 0 bridgehead atoms. The molecule has 4 saturated heterocycles. The Bertz CT molecular complexity index is 3990. The minimum absolute atomic E-state index is 0. The van der Waals surface area contributed by atoms with Gasteiger partial charge < -0.3 is 62.5 Å². The number of likely N-dealkylation sites (N-methyl/N-ethyl adjacent to an activating group) is 2. The van der Waals surface area contributed by atoms with E-state index in [0.29, 0.717) is 103 Å². The number of anilines is 2. The van der Waals surface area contributed by atoms with Gasteiger partial charge in [-0.1, -0.05) is 193 Å². The Labute approximate surface area is 665 Å². The second-order valence-corrected chi connectivity index (χ2v) is 42.7. The van der Waals surface area contributed by atoms with Crippen LogP contribution >= 0.6 is 27.0 Å². The van der Waals surface area contributed by atoms with Crippen LogP contribution in [0.25, 0.3) is 0 Å². The molecule has 8 heterocycles. The van der Waals surface area contributed by atoms with Crippen LogP contribution in [0.5, 0.6) is 12.0 Å². The smallest absolute Gasteiger partial charge is 0.410 e. The quantitative estimate of drug-likeness (QED) is 0.0713. The molecule has 109 heavy (non-hydrogen) atoms. The predicted octanol–water partition coefficient (Wildman–Crippen LogP) is 11.3. The zero-order valence-corrected chi connectivity index (χ0v) is 71.2. The van der Waals surface area contributed by atoms with Gasteiger partial charge in [0.15, 0.2) is 0 Å². The van der Waals surface area contributed by atoms with Crippen molar-refractivity contribution in [3.8, 4) is 12.0 Å². The molecule has 0 aliphatic carbocycles. The molecule has 6 aliphatic heterocycles. The molecule has 1 N–H and O–H groups in total. The van der Waals surface area contributed by atoms with E-state index in [1.807, 2.05) is 51.3 Å². The molecule has 20 nitrogen and oxygen atoms in total. The van der Waals surface area contributed by atoms with E-state index in [-0.39, 0.29) is 61.3 Å². The van der Waals surface area contributed by atoms with Crippen molar-refractivity contribution < 1.29 is 37.4 Å². The molecule has 6 aliphatic rings. The number of carbonyl (C=O) groups is 2. The second-order valence-electron chi connectivity index (χ2n) is 34.1. The van der Waals surface area contributed by atoms with Gasteiger partial charge in [0, 0.05) is 88.7 Å². The molecule has 590 valence electrons. The van der Waals surface area contributed by atoms with Gasteiger partial charge in [0.05, 0.1) is 36.7 Å². The molecular weight excluding hydrogens is 1440 g/mol. The number of likely N-dealkylation sites (tertiary alicyclic amines) is 2. The van der Waals surface area contributed by atoms with Crippen molar-refractivity contribution >= 4 is 88.2 Å². The molecule has 0 saturated carbocycles. The van der Waals surface area contributed by atoms with Crippen LogP contribution in [-0.4, -0.2) is 215 Å². The summed E-state index contributed by atoms with van der Waals surface area (Å²) in [6.45, 7) is 36.5. The van der Waals surface area contributed by atoms with Crippen molar-refractivity contribution in [2.45, 2.75) is 187 Å². The number of rotatable bonds is 20. The first kappa shape index (κ1) is 84.3. The van der Waals surface area contributed by atoms with Gasteiger partial charge in [-0.05, 0) is 150 Å². The number of hydrogen-bond acceptors (Lipinski definition) is 18. The first-order valence-corrected chi connectivity index (χ1v) is 42.9. The Morgan fingerprint density at radius 3 is 1.22 bits per heavy atom. The summed E-state index contributed by atoms with van der Waals surface area (Å²) in [6, 6.07) is 54.8. The standard InChI is InChI=1S/C46H62N6O4Si.C39H56N6O4Si.2H2S/c1-45(2,3)56-44(53)51-28-29-52(37(31-51)34-55-57(46(4,5)6,38-21-13-9-14-22-38)39-23-15-10-16-24-39)42-40-25-27-50(30-35-18-11-8-12-19-35)32-41(40)47-43(48-42)54-33-36-20-17-26-49(36)7;1-38(2,3)49-37(46)44-23-24-45(35-33-20-21-40-25-34(33)41-36(42-35)47-27-29-15-14-22-43(29)7)30(26-44)28-48-50(39(4,5)6,31-16-10-8-11-17-31)32-18-12-9-13-19-32;;/h8-16,18-19,21-24,36-37H,17,20,25-34H2,1-7H3;8-13,16-19,29-30,40H,14-15,20-28H2,1-7H3;2*1H2/t36-,37?;29-,30?;;/m00../s1. The highest BCUT2D eigenvalue weighted by Gasteiger charge is 2.53. The number of nitrogens with zero attached hydrogens (tertiary/aromatic N) is 11.